The van der Waals surface area contributed by atoms with Crippen molar-refractivity contribution in [3.8, 4) is 0 Å². The van der Waals surface area contributed by atoms with Crippen LogP contribution in [0.1, 0.15) is 59.3 Å². The summed E-state index contributed by atoms with van der Waals surface area (Å²) in [6, 6.07) is 0.649. The van der Waals surface area contributed by atoms with Gasteiger partial charge in [-0.05, 0) is 44.2 Å². The lowest BCUT2D eigenvalue weighted by molar-refractivity contribution is -0.133. The average Bonchev–Trinajstić information content (AvgIpc) is 2.47. The molecule has 2 rings (SSSR count). The third-order valence-corrected chi connectivity index (χ3v) is 5.23. The summed E-state index contributed by atoms with van der Waals surface area (Å²) < 4.78 is 0. The van der Waals surface area contributed by atoms with Gasteiger partial charge in [0.25, 0.3) is 0 Å². The van der Waals surface area contributed by atoms with Gasteiger partial charge in [0.05, 0.1) is 0 Å². The summed E-state index contributed by atoms with van der Waals surface area (Å²) in [4.78, 5) is 17.0. The van der Waals surface area contributed by atoms with E-state index < -0.39 is 0 Å². The number of nitrogens with two attached hydrogens (primary N) is 1. The molecule has 0 saturated carbocycles. The van der Waals surface area contributed by atoms with Crippen LogP contribution in [0.5, 0.6) is 0 Å². The summed E-state index contributed by atoms with van der Waals surface area (Å²) in [6.45, 7) is 10.7. The largest absolute Gasteiger partial charge is 0.343 e. The molecule has 1 atom stereocenters. The molecule has 122 valence electrons. The number of likely N-dealkylation sites (tertiary alicyclic amines) is 2. The Morgan fingerprint density at radius 3 is 2.19 bits per heavy atom. The van der Waals surface area contributed by atoms with E-state index in [-0.39, 0.29) is 17.4 Å². The molecule has 1 amide bonds. The van der Waals surface area contributed by atoms with Crippen molar-refractivity contribution in [2.24, 2.45) is 11.1 Å². The van der Waals surface area contributed by atoms with Crippen molar-refractivity contribution >= 4 is 5.91 Å². The second kappa shape index (κ2) is 7.10. The average molecular weight is 295 g/mol. The molecule has 2 N–H and O–H groups in total. The molecular formula is C17H33N3O. The molecule has 0 aliphatic carbocycles. The Labute approximate surface area is 130 Å². The molecule has 2 fully saturated rings. The van der Waals surface area contributed by atoms with Crippen LogP contribution in [0.2, 0.25) is 0 Å². The first-order chi connectivity index (χ1) is 9.88. The predicted octanol–water partition coefficient (Wildman–Crippen LogP) is 2.23. The van der Waals surface area contributed by atoms with Crippen molar-refractivity contribution in [1.82, 2.24) is 9.80 Å². The number of rotatable bonds is 3. The minimum atomic E-state index is -0.0511. The number of hydrogen-bond acceptors (Lipinski definition) is 3. The molecule has 0 aromatic carbocycles. The lowest BCUT2D eigenvalue weighted by atomic mass is 9.85. The summed E-state index contributed by atoms with van der Waals surface area (Å²) in [6.07, 6.45) is 6.84. The molecular weight excluding hydrogens is 262 g/mol. The Hall–Kier alpha value is -0.610. The second-order valence-corrected chi connectivity index (χ2v) is 7.89. The molecule has 0 aromatic heterocycles. The standard InChI is InChI=1S/C17H33N3O/c1-17(2,3)15(18)13-16(21)20-11-7-14(8-12-20)19-9-5-4-6-10-19/h14-15H,4-13,18H2,1-3H3. The van der Waals surface area contributed by atoms with Gasteiger partial charge in [-0.25, -0.2) is 0 Å². The summed E-state index contributed by atoms with van der Waals surface area (Å²) in [5.74, 6) is 0.245. The minimum absolute atomic E-state index is 0.00177. The molecule has 1 unspecified atom stereocenters. The summed E-state index contributed by atoms with van der Waals surface area (Å²) >= 11 is 0. The lowest BCUT2D eigenvalue weighted by Crippen LogP contribution is -2.49. The summed E-state index contributed by atoms with van der Waals surface area (Å²) in [5, 5.41) is 0. The Morgan fingerprint density at radius 2 is 1.67 bits per heavy atom. The normalized spacial score (nSPS) is 24.1. The van der Waals surface area contributed by atoms with Gasteiger partial charge < -0.3 is 15.5 Å². The monoisotopic (exact) mass is 295 g/mol. The maximum atomic E-state index is 12.4. The fourth-order valence-corrected chi connectivity index (χ4v) is 3.39. The van der Waals surface area contributed by atoms with Crippen LogP contribution in [-0.4, -0.2) is 54.0 Å². The molecule has 21 heavy (non-hydrogen) atoms. The fourth-order valence-electron chi connectivity index (χ4n) is 3.39. The second-order valence-electron chi connectivity index (χ2n) is 7.89. The minimum Gasteiger partial charge on any atom is -0.343 e. The van der Waals surface area contributed by atoms with Gasteiger partial charge >= 0.3 is 0 Å². The van der Waals surface area contributed by atoms with Crippen LogP contribution < -0.4 is 5.73 Å². The van der Waals surface area contributed by atoms with Crippen molar-refractivity contribution in [2.45, 2.75) is 71.4 Å². The molecule has 4 heteroatoms. The highest BCUT2D eigenvalue weighted by Gasteiger charge is 2.30. The van der Waals surface area contributed by atoms with Gasteiger partial charge in [-0.3, -0.25) is 4.79 Å². The third kappa shape index (κ3) is 4.68. The zero-order chi connectivity index (χ0) is 15.5. The maximum Gasteiger partial charge on any atom is 0.224 e. The van der Waals surface area contributed by atoms with Crippen molar-refractivity contribution in [2.75, 3.05) is 26.2 Å². The highest BCUT2D eigenvalue weighted by molar-refractivity contribution is 5.77. The Morgan fingerprint density at radius 1 is 1.10 bits per heavy atom. The molecule has 2 aliphatic heterocycles. The van der Waals surface area contributed by atoms with Gasteiger partial charge in [0, 0.05) is 31.6 Å². The van der Waals surface area contributed by atoms with Crippen LogP contribution in [0.3, 0.4) is 0 Å². The zero-order valence-electron chi connectivity index (χ0n) is 14.1. The van der Waals surface area contributed by atoms with Gasteiger partial charge in [-0.2, -0.15) is 0 Å². The van der Waals surface area contributed by atoms with Crippen LogP contribution in [0.25, 0.3) is 0 Å². The Bertz CT molecular complexity index is 336. The van der Waals surface area contributed by atoms with Gasteiger partial charge in [-0.1, -0.05) is 27.2 Å². The topological polar surface area (TPSA) is 49.6 Å². The van der Waals surface area contributed by atoms with Crippen LogP contribution >= 0.6 is 0 Å². The zero-order valence-corrected chi connectivity index (χ0v) is 14.1. The number of hydrogen-bond donors (Lipinski definition) is 1. The van der Waals surface area contributed by atoms with Gasteiger partial charge in [0.2, 0.25) is 5.91 Å². The van der Waals surface area contributed by atoms with E-state index in [4.69, 9.17) is 5.73 Å². The SMILES string of the molecule is CC(C)(C)C(N)CC(=O)N1CCC(N2CCCCC2)CC1. The first-order valence-corrected chi connectivity index (χ1v) is 8.65. The predicted molar refractivity (Wildman–Crippen MR) is 87.1 cm³/mol. The van der Waals surface area contributed by atoms with E-state index >= 15 is 0 Å². The highest BCUT2D eigenvalue weighted by Crippen LogP contribution is 2.23. The number of amides is 1. The van der Waals surface area contributed by atoms with Gasteiger partial charge in [0.1, 0.15) is 0 Å². The molecule has 2 aliphatic rings. The van der Waals surface area contributed by atoms with Crippen molar-refractivity contribution < 1.29 is 4.79 Å². The summed E-state index contributed by atoms with van der Waals surface area (Å²) in [7, 11) is 0. The fraction of sp³-hybridized carbons (Fsp3) is 0.941. The van der Waals surface area contributed by atoms with E-state index in [1.807, 2.05) is 4.90 Å². The molecule has 0 spiro atoms. The summed E-state index contributed by atoms with van der Waals surface area (Å²) in [5.41, 5.74) is 6.15. The molecule has 2 heterocycles. The van der Waals surface area contributed by atoms with Gasteiger partial charge in [0.15, 0.2) is 0 Å². The van der Waals surface area contributed by atoms with Crippen molar-refractivity contribution in [1.29, 1.82) is 0 Å². The number of carbonyl (C=O) groups is 1. The smallest absolute Gasteiger partial charge is 0.224 e. The van der Waals surface area contributed by atoms with E-state index in [2.05, 4.69) is 25.7 Å². The number of carbonyl (C=O) groups excluding carboxylic acids is 1. The number of nitrogens with zero attached hydrogens (tertiary/aromatic N) is 2. The Kier molecular flexibility index (Phi) is 5.67. The molecule has 2 saturated heterocycles. The first-order valence-electron chi connectivity index (χ1n) is 8.65. The van der Waals surface area contributed by atoms with E-state index in [0.29, 0.717) is 12.5 Å². The molecule has 0 aromatic rings. The van der Waals surface area contributed by atoms with Crippen molar-refractivity contribution in [3.63, 3.8) is 0 Å². The third-order valence-electron chi connectivity index (χ3n) is 5.23. The Balaban J connectivity index is 1.76. The molecule has 4 nitrogen and oxygen atoms in total. The number of piperidine rings is 2. The van der Waals surface area contributed by atoms with E-state index in [0.717, 1.165) is 25.9 Å². The van der Waals surface area contributed by atoms with Crippen LogP contribution in [0.4, 0.5) is 0 Å². The van der Waals surface area contributed by atoms with Crippen LogP contribution in [0.15, 0.2) is 0 Å². The van der Waals surface area contributed by atoms with Gasteiger partial charge in [-0.15, -0.1) is 0 Å². The maximum absolute atomic E-state index is 12.4. The quantitative estimate of drug-likeness (QED) is 0.868. The first kappa shape index (κ1) is 16.8. The van der Waals surface area contributed by atoms with Crippen LogP contribution in [-0.2, 0) is 4.79 Å². The van der Waals surface area contributed by atoms with Crippen LogP contribution in [0, 0.1) is 5.41 Å². The van der Waals surface area contributed by atoms with E-state index in [9.17, 15) is 4.79 Å². The highest BCUT2D eigenvalue weighted by atomic mass is 16.2. The van der Waals surface area contributed by atoms with E-state index in [1.54, 1.807) is 0 Å². The molecule has 0 bridgehead atoms. The molecule has 0 radical (unpaired) electrons. The lowest BCUT2D eigenvalue weighted by Gasteiger charge is -2.40. The van der Waals surface area contributed by atoms with E-state index in [1.165, 1.54) is 32.4 Å². The van der Waals surface area contributed by atoms with Crippen molar-refractivity contribution in [3.05, 3.63) is 0 Å².